The van der Waals surface area contributed by atoms with E-state index in [1.807, 2.05) is 12.1 Å². The van der Waals surface area contributed by atoms with Gasteiger partial charge < -0.3 is 5.32 Å². The zero-order chi connectivity index (χ0) is 24.6. The van der Waals surface area contributed by atoms with E-state index >= 15 is 0 Å². The second-order valence-corrected chi connectivity index (χ2v) is 10.6. The fraction of sp³-hybridized carbons (Fsp3) is 0.458. The van der Waals surface area contributed by atoms with Crippen LogP contribution in [0.5, 0.6) is 0 Å². The Morgan fingerprint density at radius 1 is 1.09 bits per heavy atom. The summed E-state index contributed by atoms with van der Waals surface area (Å²) in [7, 11) is -3.65. The molecule has 1 heterocycles. The lowest BCUT2D eigenvalue weighted by Gasteiger charge is -2.26. The molecule has 0 saturated carbocycles. The lowest BCUT2D eigenvalue weighted by Crippen LogP contribution is -2.32. The van der Waals surface area contributed by atoms with Crippen LogP contribution in [0.3, 0.4) is 0 Å². The van der Waals surface area contributed by atoms with Gasteiger partial charge in [0.25, 0.3) is 5.69 Å². The predicted molar refractivity (Wildman–Crippen MR) is 132 cm³/mol. The van der Waals surface area contributed by atoms with Crippen LogP contribution in [0.4, 0.5) is 11.4 Å². The molecular weight excluding hydrogens is 456 g/mol. The number of nitrogens with zero attached hydrogens (tertiary/aromatic N) is 3. The summed E-state index contributed by atoms with van der Waals surface area (Å²) >= 11 is 0. The Morgan fingerprint density at radius 3 is 2.41 bits per heavy atom. The first kappa shape index (κ1) is 25.6. The minimum absolute atomic E-state index is 0.0542. The number of anilines is 1. The average molecular weight is 489 g/mol. The van der Waals surface area contributed by atoms with E-state index in [0.717, 1.165) is 35.8 Å². The Balaban J connectivity index is 1.46. The van der Waals surface area contributed by atoms with Gasteiger partial charge in [-0.25, -0.2) is 8.42 Å². The molecule has 0 radical (unpaired) electrons. The molecule has 184 valence electrons. The second-order valence-electron chi connectivity index (χ2n) is 8.65. The number of nitrogens with one attached hydrogen (secondary N) is 1. The first-order valence-electron chi connectivity index (χ1n) is 11.5. The van der Waals surface area contributed by atoms with Crippen molar-refractivity contribution in [1.82, 2.24) is 10.2 Å². The molecule has 9 nitrogen and oxygen atoms in total. The van der Waals surface area contributed by atoms with Crippen LogP contribution >= 0.6 is 0 Å². The molecule has 0 spiro atoms. The minimum Gasteiger partial charge on any atom is -0.352 e. The van der Waals surface area contributed by atoms with Crippen molar-refractivity contribution >= 4 is 27.3 Å². The topological polar surface area (TPSA) is 113 Å². The number of likely N-dealkylation sites (tertiary alicyclic amines) is 1. The third-order valence-electron chi connectivity index (χ3n) is 5.86. The van der Waals surface area contributed by atoms with Crippen LogP contribution in [-0.4, -0.2) is 50.0 Å². The standard InChI is InChI=1S/C24H32N4O5S/c1-34(32,33)27(22-7-5-8-23(17-22)28(30)31)16-6-9-24(29)25-18-20-10-12-21(13-11-20)19-26-14-3-2-4-15-26/h5,7-8,10-13,17H,2-4,6,9,14-16,18-19H2,1H3,(H,25,29). The SMILES string of the molecule is CS(=O)(=O)N(CCCC(=O)NCc1ccc(CN2CCCCC2)cc1)c1cccc([N+](=O)[O-])c1. The molecule has 1 saturated heterocycles. The summed E-state index contributed by atoms with van der Waals surface area (Å²) in [6.45, 7) is 3.71. The van der Waals surface area contributed by atoms with Gasteiger partial charge >= 0.3 is 0 Å². The molecule has 34 heavy (non-hydrogen) atoms. The largest absolute Gasteiger partial charge is 0.352 e. The van der Waals surface area contributed by atoms with Crippen molar-refractivity contribution in [2.45, 2.75) is 45.2 Å². The van der Waals surface area contributed by atoms with Crippen molar-refractivity contribution in [1.29, 1.82) is 0 Å². The van der Waals surface area contributed by atoms with Gasteiger partial charge in [0.15, 0.2) is 0 Å². The Bertz CT molecular complexity index is 1080. The van der Waals surface area contributed by atoms with E-state index in [0.29, 0.717) is 6.54 Å². The molecule has 1 amide bonds. The smallest absolute Gasteiger partial charge is 0.271 e. The van der Waals surface area contributed by atoms with Gasteiger partial charge in [-0.3, -0.25) is 24.1 Å². The Kier molecular flexibility index (Phi) is 9.00. The number of carbonyl (C=O) groups excluding carboxylic acids is 1. The van der Waals surface area contributed by atoms with Gasteiger partial charge in [-0.2, -0.15) is 0 Å². The van der Waals surface area contributed by atoms with Crippen LogP contribution in [0.2, 0.25) is 0 Å². The highest BCUT2D eigenvalue weighted by Crippen LogP contribution is 2.23. The average Bonchev–Trinajstić information content (AvgIpc) is 2.81. The van der Waals surface area contributed by atoms with Crippen LogP contribution < -0.4 is 9.62 Å². The Hall–Kier alpha value is -2.98. The summed E-state index contributed by atoms with van der Waals surface area (Å²) in [6, 6.07) is 13.7. The van der Waals surface area contributed by atoms with Crippen LogP contribution in [0.1, 0.15) is 43.2 Å². The van der Waals surface area contributed by atoms with Crippen molar-refractivity contribution in [3.63, 3.8) is 0 Å². The fourth-order valence-electron chi connectivity index (χ4n) is 4.06. The predicted octanol–water partition coefficient (Wildman–Crippen LogP) is 3.44. The number of piperidine rings is 1. The number of non-ortho nitro benzene ring substituents is 1. The summed E-state index contributed by atoms with van der Waals surface area (Å²) in [5.74, 6) is -0.176. The summed E-state index contributed by atoms with van der Waals surface area (Å²) in [5.41, 5.74) is 2.29. The van der Waals surface area contributed by atoms with Crippen molar-refractivity contribution in [2.75, 3.05) is 30.2 Å². The third kappa shape index (κ3) is 7.81. The maximum Gasteiger partial charge on any atom is 0.271 e. The van der Waals surface area contributed by atoms with Gasteiger partial charge in [0.05, 0.1) is 16.9 Å². The van der Waals surface area contributed by atoms with Gasteiger partial charge in [-0.1, -0.05) is 36.8 Å². The molecule has 1 fully saturated rings. The van der Waals surface area contributed by atoms with Gasteiger partial charge in [0.1, 0.15) is 0 Å². The summed E-state index contributed by atoms with van der Waals surface area (Å²) in [5, 5.41) is 13.9. The van der Waals surface area contributed by atoms with Gasteiger partial charge in [0, 0.05) is 38.2 Å². The number of rotatable bonds is 11. The number of hydrogen-bond donors (Lipinski definition) is 1. The van der Waals surface area contributed by atoms with Crippen molar-refractivity contribution in [2.24, 2.45) is 0 Å². The number of carbonyl (C=O) groups is 1. The first-order valence-corrected chi connectivity index (χ1v) is 13.4. The highest BCUT2D eigenvalue weighted by atomic mass is 32.2. The molecule has 2 aromatic rings. The van der Waals surface area contributed by atoms with Crippen molar-refractivity contribution < 1.29 is 18.1 Å². The summed E-state index contributed by atoms with van der Waals surface area (Å²) < 4.78 is 25.5. The van der Waals surface area contributed by atoms with E-state index in [1.54, 1.807) is 0 Å². The number of sulfonamides is 1. The van der Waals surface area contributed by atoms with Crippen LogP contribution in [0.25, 0.3) is 0 Å². The highest BCUT2D eigenvalue weighted by Gasteiger charge is 2.20. The third-order valence-corrected chi connectivity index (χ3v) is 7.06. The number of hydrogen-bond acceptors (Lipinski definition) is 6. The molecule has 3 rings (SSSR count). The van der Waals surface area contributed by atoms with Gasteiger partial charge in [-0.05, 0) is 49.5 Å². The Labute approximate surface area is 201 Å². The number of nitro benzene ring substituents is 1. The molecule has 0 unspecified atom stereocenters. The fourth-order valence-corrected chi connectivity index (χ4v) is 5.02. The summed E-state index contributed by atoms with van der Waals surface area (Å²) in [4.78, 5) is 25.2. The lowest BCUT2D eigenvalue weighted by molar-refractivity contribution is -0.384. The van der Waals surface area contributed by atoms with E-state index in [4.69, 9.17) is 0 Å². The molecule has 1 aliphatic rings. The molecule has 2 aromatic carbocycles. The van der Waals surface area contributed by atoms with Crippen LogP contribution in [0.15, 0.2) is 48.5 Å². The quantitative estimate of drug-likeness (QED) is 0.383. The van der Waals surface area contributed by atoms with E-state index < -0.39 is 14.9 Å². The molecule has 1 aliphatic heterocycles. The van der Waals surface area contributed by atoms with Crippen LogP contribution in [0, 0.1) is 10.1 Å². The molecule has 0 atom stereocenters. The van der Waals surface area contributed by atoms with E-state index in [-0.39, 0.29) is 36.7 Å². The number of benzene rings is 2. The monoisotopic (exact) mass is 488 g/mol. The highest BCUT2D eigenvalue weighted by molar-refractivity contribution is 7.92. The van der Waals surface area contributed by atoms with E-state index in [1.165, 1.54) is 49.1 Å². The van der Waals surface area contributed by atoms with Crippen molar-refractivity contribution in [3.8, 4) is 0 Å². The Morgan fingerprint density at radius 2 is 1.76 bits per heavy atom. The molecule has 0 bridgehead atoms. The van der Waals surface area contributed by atoms with E-state index in [9.17, 15) is 23.3 Å². The number of nitro groups is 1. The summed E-state index contributed by atoms with van der Waals surface area (Å²) in [6.07, 6.45) is 5.32. The molecule has 1 N–H and O–H groups in total. The molecular formula is C24H32N4O5S. The number of amides is 1. The molecule has 0 aromatic heterocycles. The van der Waals surface area contributed by atoms with Crippen molar-refractivity contribution in [3.05, 3.63) is 69.8 Å². The van der Waals surface area contributed by atoms with Gasteiger partial charge in [-0.15, -0.1) is 0 Å². The zero-order valence-corrected chi connectivity index (χ0v) is 20.3. The lowest BCUT2D eigenvalue weighted by atomic mass is 10.1. The maximum absolute atomic E-state index is 12.3. The normalized spacial score (nSPS) is 14.5. The minimum atomic E-state index is -3.65. The second kappa shape index (κ2) is 11.9. The van der Waals surface area contributed by atoms with Gasteiger partial charge in [0.2, 0.25) is 15.9 Å². The first-order chi connectivity index (χ1) is 16.2. The molecule has 10 heteroatoms. The van der Waals surface area contributed by atoms with Crippen LogP contribution in [-0.2, 0) is 27.9 Å². The zero-order valence-electron chi connectivity index (χ0n) is 19.5. The van der Waals surface area contributed by atoms with E-state index in [2.05, 4.69) is 22.3 Å². The molecule has 0 aliphatic carbocycles. The maximum atomic E-state index is 12.3.